The van der Waals surface area contributed by atoms with Crippen LogP contribution in [0.2, 0.25) is 0 Å². The topological polar surface area (TPSA) is 66.0 Å². The van der Waals surface area contributed by atoms with Gasteiger partial charge in [-0.2, -0.15) is 5.10 Å². The molecule has 2 rings (SSSR count). The molecule has 0 saturated carbocycles. The minimum Gasteiger partial charge on any atom is -0.381 e. The summed E-state index contributed by atoms with van der Waals surface area (Å²) in [5.74, 6) is 1.39. The van der Waals surface area contributed by atoms with Crippen molar-refractivity contribution in [2.75, 3.05) is 13.2 Å². The van der Waals surface area contributed by atoms with Gasteiger partial charge < -0.3 is 10.5 Å². The van der Waals surface area contributed by atoms with Crippen molar-refractivity contribution in [2.45, 2.75) is 38.8 Å². The lowest BCUT2D eigenvalue weighted by molar-refractivity contribution is 0.0410. The Balaban J connectivity index is 2.04. The summed E-state index contributed by atoms with van der Waals surface area (Å²) in [6.07, 6.45) is 3.42. The number of aromatic nitrogens is 3. The largest absolute Gasteiger partial charge is 0.381 e. The predicted molar refractivity (Wildman–Crippen MR) is 61.0 cm³/mol. The normalized spacial score (nSPS) is 26.2. The third-order valence-corrected chi connectivity index (χ3v) is 3.11. The average Bonchev–Trinajstić information content (AvgIpc) is 2.69. The van der Waals surface area contributed by atoms with Gasteiger partial charge in [-0.1, -0.05) is 0 Å². The van der Waals surface area contributed by atoms with Gasteiger partial charge in [-0.25, -0.2) is 9.67 Å². The van der Waals surface area contributed by atoms with Crippen molar-refractivity contribution in [1.29, 1.82) is 0 Å². The fourth-order valence-electron chi connectivity index (χ4n) is 2.11. The number of hydrogen-bond donors (Lipinski definition) is 1. The van der Waals surface area contributed by atoms with Crippen molar-refractivity contribution in [2.24, 2.45) is 11.7 Å². The molecule has 90 valence electrons. The molecule has 2 unspecified atom stereocenters. The number of rotatable bonds is 3. The Labute approximate surface area is 96.0 Å². The van der Waals surface area contributed by atoms with Crippen LogP contribution in [0.3, 0.4) is 0 Å². The Kier molecular flexibility index (Phi) is 3.56. The smallest absolute Gasteiger partial charge is 0.138 e. The quantitative estimate of drug-likeness (QED) is 0.823. The lowest BCUT2D eigenvalue weighted by atomic mass is 9.93. The molecule has 0 bridgehead atoms. The predicted octanol–water partition coefficient (Wildman–Crippen LogP) is 0.765. The Morgan fingerprint density at radius 1 is 1.62 bits per heavy atom. The zero-order valence-corrected chi connectivity index (χ0v) is 9.97. The molecule has 16 heavy (non-hydrogen) atoms. The van der Waals surface area contributed by atoms with E-state index in [1.165, 1.54) is 0 Å². The van der Waals surface area contributed by atoms with Gasteiger partial charge in [-0.15, -0.1) is 0 Å². The second kappa shape index (κ2) is 4.93. The summed E-state index contributed by atoms with van der Waals surface area (Å²) in [6, 6.07) is 0.573. The van der Waals surface area contributed by atoms with Crippen molar-refractivity contribution >= 4 is 0 Å². The van der Waals surface area contributed by atoms with Gasteiger partial charge in [-0.3, -0.25) is 0 Å². The average molecular weight is 224 g/mol. The van der Waals surface area contributed by atoms with E-state index in [1.807, 2.05) is 4.68 Å². The SMILES string of the molecule is CC(C)n1ncnc1CC1COCCC1N. The molecule has 2 atom stereocenters. The maximum absolute atomic E-state index is 6.08. The summed E-state index contributed by atoms with van der Waals surface area (Å²) in [7, 11) is 0. The van der Waals surface area contributed by atoms with E-state index in [0.717, 1.165) is 31.9 Å². The number of ether oxygens (including phenoxy) is 1. The van der Waals surface area contributed by atoms with Gasteiger partial charge in [-0.05, 0) is 20.3 Å². The van der Waals surface area contributed by atoms with Gasteiger partial charge in [0.1, 0.15) is 12.2 Å². The minimum atomic E-state index is 0.228. The first-order chi connectivity index (χ1) is 7.68. The monoisotopic (exact) mass is 224 g/mol. The molecule has 2 heterocycles. The molecule has 2 N–H and O–H groups in total. The standard InChI is InChI=1S/C11H20N4O/c1-8(2)15-11(13-7-14-15)5-9-6-16-4-3-10(9)12/h7-10H,3-6,12H2,1-2H3. The molecule has 1 aliphatic rings. The number of hydrogen-bond acceptors (Lipinski definition) is 4. The second-order valence-electron chi connectivity index (χ2n) is 4.71. The van der Waals surface area contributed by atoms with E-state index in [-0.39, 0.29) is 6.04 Å². The van der Waals surface area contributed by atoms with Crippen LogP contribution in [-0.4, -0.2) is 34.0 Å². The van der Waals surface area contributed by atoms with Crippen LogP contribution in [0.15, 0.2) is 6.33 Å². The van der Waals surface area contributed by atoms with E-state index in [1.54, 1.807) is 6.33 Å². The van der Waals surface area contributed by atoms with E-state index in [2.05, 4.69) is 23.9 Å². The maximum atomic E-state index is 6.08. The van der Waals surface area contributed by atoms with Gasteiger partial charge in [0.2, 0.25) is 0 Å². The fraction of sp³-hybridized carbons (Fsp3) is 0.818. The van der Waals surface area contributed by atoms with Crippen molar-refractivity contribution < 1.29 is 4.74 Å². The van der Waals surface area contributed by atoms with Crippen LogP contribution in [-0.2, 0) is 11.2 Å². The summed E-state index contributed by atoms with van der Waals surface area (Å²) < 4.78 is 7.42. The van der Waals surface area contributed by atoms with Gasteiger partial charge in [0, 0.05) is 31.0 Å². The fourth-order valence-corrected chi connectivity index (χ4v) is 2.11. The summed E-state index contributed by atoms with van der Waals surface area (Å²) in [5.41, 5.74) is 6.08. The van der Waals surface area contributed by atoms with Crippen molar-refractivity contribution in [1.82, 2.24) is 14.8 Å². The summed E-state index contributed by atoms with van der Waals surface area (Å²) >= 11 is 0. The van der Waals surface area contributed by atoms with Crippen molar-refractivity contribution in [3.63, 3.8) is 0 Å². The molecule has 5 heteroatoms. The first kappa shape index (κ1) is 11.5. The number of nitrogens with zero attached hydrogens (tertiary/aromatic N) is 3. The molecule has 1 fully saturated rings. The molecular formula is C11H20N4O. The third-order valence-electron chi connectivity index (χ3n) is 3.11. The third kappa shape index (κ3) is 2.41. The maximum Gasteiger partial charge on any atom is 0.138 e. The zero-order chi connectivity index (χ0) is 11.5. The Bertz CT molecular complexity index is 336. The molecule has 0 radical (unpaired) electrons. The van der Waals surface area contributed by atoms with E-state index in [4.69, 9.17) is 10.5 Å². The summed E-state index contributed by atoms with van der Waals surface area (Å²) in [4.78, 5) is 4.31. The van der Waals surface area contributed by atoms with Crippen molar-refractivity contribution in [3.05, 3.63) is 12.2 Å². The van der Waals surface area contributed by atoms with Crippen LogP contribution in [0, 0.1) is 5.92 Å². The minimum absolute atomic E-state index is 0.228. The lowest BCUT2D eigenvalue weighted by Gasteiger charge is -2.28. The van der Waals surface area contributed by atoms with Gasteiger partial charge in [0.15, 0.2) is 0 Å². The Hall–Kier alpha value is -0.940. The highest BCUT2D eigenvalue weighted by Gasteiger charge is 2.24. The molecule has 5 nitrogen and oxygen atoms in total. The van der Waals surface area contributed by atoms with Gasteiger partial charge in [0.25, 0.3) is 0 Å². The number of nitrogens with two attached hydrogens (primary N) is 1. The van der Waals surface area contributed by atoms with Gasteiger partial charge >= 0.3 is 0 Å². The summed E-state index contributed by atoms with van der Waals surface area (Å²) in [5, 5.41) is 4.23. The van der Waals surface area contributed by atoms with E-state index >= 15 is 0 Å². The Morgan fingerprint density at radius 2 is 2.44 bits per heavy atom. The van der Waals surface area contributed by atoms with E-state index in [9.17, 15) is 0 Å². The van der Waals surface area contributed by atoms with Crippen LogP contribution in [0.4, 0.5) is 0 Å². The first-order valence-corrected chi connectivity index (χ1v) is 5.90. The molecular weight excluding hydrogens is 204 g/mol. The Morgan fingerprint density at radius 3 is 3.12 bits per heavy atom. The molecule has 1 saturated heterocycles. The first-order valence-electron chi connectivity index (χ1n) is 5.90. The summed E-state index contributed by atoms with van der Waals surface area (Å²) in [6.45, 7) is 5.74. The van der Waals surface area contributed by atoms with Crippen LogP contribution >= 0.6 is 0 Å². The molecule has 0 aliphatic carbocycles. The van der Waals surface area contributed by atoms with Crippen LogP contribution in [0.1, 0.15) is 32.1 Å². The van der Waals surface area contributed by atoms with E-state index < -0.39 is 0 Å². The van der Waals surface area contributed by atoms with E-state index in [0.29, 0.717) is 12.0 Å². The van der Waals surface area contributed by atoms with Crippen LogP contribution in [0.5, 0.6) is 0 Å². The molecule has 1 aliphatic heterocycles. The zero-order valence-electron chi connectivity index (χ0n) is 9.97. The molecule has 0 spiro atoms. The van der Waals surface area contributed by atoms with Crippen molar-refractivity contribution in [3.8, 4) is 0 Å². The van der Waals surface area contributed by atoms with Gasteiger partial charge in [0.05, 0.1) is 6.61 Å². The van der Waals surface area contributed by atoms with Crippen LogP contribution < -0.4 is 5.73 Å². The molecule has 0 aromatic carbocycles. The highest BCUT2D eigenvalue weighted by atomic mass is 16.5. The molecule has 1 aromatic heterocycles. The van der Waals surface area contributed by atoms with Crippen LogP contribution in [0.25, 0.3) is 0 Å². The second-order valence-corrected chi connectivity index (χ2v) is 4.71. The lowest BCUT2D eigenvalue weighted by Crippen LogP contribution is -2.40. The molecule has 0 amide bonds. The highest BCUT2D eigenvalue weighted by molar-refractivity contribution is 4.92. The molecule has 1 aromatic rings. The highest BCUT2D eigenvalue weighted by Crippen LogP contribution is 2.18.